The molecule has 0 bridgehead atoms. The molecule has 0 aromatic heterocycles. The average molecular weight is 326 g/mol. The molecule has 0 fully saturated rings. The summed E-state index contributed by atoms with van der Waals surface area (Å²) in [5.74, 6) is -1.02. The molecule has 0 spiro atoms. The summed E-state index contributed by atoms with van der Waals surface area (Å²) in [5.41, 5.74) is 0.0220. The number of carbonyl (C=O) groups is 2. The molecule has 0 aliphatic heterocycles. The predicted molar refractivity (Wildman–Crippen MR) is 83.0 cm³/mol. The van der Waals surface area contributed by atoms with E-state index in [4.69, 9.17) is 9.57 Å². The van der Waals surface area contributed by atoms with E-state index in [1.165, 1.54) is 26.3 Å². The average Bonchev–Trinajstić information content (AvgIpc) is 2.44. The SMILES string of the molecule is CON(C)C(=O)C(NC(=O)OC(C)(C)C)c1ccc(C)c(F)c1. The molecular formula is C16H23FN2O4. The first kappa shape index (κ1) is 18.9. The van der Waals surface area contributed by atoms with Crippen LogP contribution in [0.5, 0.6) is 0 Å². The van der Waals surface area contributed by atoms with Crippen LogP contribution in [-0.2, 0) is 14.4 Å². The number of rotatable bonds is 4. The Bertz CT molecular complexity index is 584. The van der Waals surface area contributed by atoms with Crippen LogP contribution in [0.25, 0.3) is 0 Å². The number of nitrogens with zero attached hydrogens (tertiary/aromatic N) is 1. The second-order valence-electron chi connectivity index (χ2n) is 6.11. The zero-order valence-corrected chi connectivity index (χ0v) is 14.3. The van der Waals surface area contributed by atoms with E-state index in [1.807, 2.05) is 0 Å². The van der Waals surface area contributed by atoms with E-state index in [-0.39, 0.29) is 0 Å². The second-order valence-corrected chi connectivity index (χ2v) is 6.11. The largest absolute Gasteiger partial charge is 0.444 e. The molecule has 1 atom stereocenters. The molecule has 0 aliphatic carbocycles. The maximum absolute atomic E-state index is 13.8. The van der Waals surface area contributed by atoms with Gasteiger partial charge in [-0.25, -0.2) is 14.2 Å². The van der Waals surface area contributed by atoms with Crippen LogP contribution in [0, 0.1) is 12.7 Å². The van der Waals surface area contributed by atoms with Crippen molar-refractivity contribution in [3.05, 3.63) is 35.1 Å². The molecule has 128 valence electrons. The lowest BCUT2D eigenvalue weighted by Crippen LogP contribution is -2.43. The highest BCUT2D eigenvalue weighted by Gasteiger charge is 2.28. The molecule has 1 N–H and O–H groups in total. The van der Waals surface area contributed by atoms with Gasteiger partial charge in [-0.3, -0.25) is 9.63 Å². The Morgan fingerprint density at radius 2 is 1.91 bits per heavy atom. The number of hydrogen-bond donors (Lipinski definition) is 1. The van der Waals surface area contributed by atoms with E-state index in [0.717, 1.165) is 5.06 Å². The summed E-state index contributed by atoms with van der Waals surface area (Å²) in [4.78, 5) is 29.2. The first-order valence-electron chi connectivity index (χ1n) is 7.12. The Morgan fingerprint density at radius 1 is 1.30 bits per heavy atom. The third-order valence-electron chi connectivity index (χ3n) is 3.02. The summed E-state index contributed by atoms with van der Waals surface area (Å²) in [7, 11) is 2.72. The molecule has 1 aromatic carbocycles. The quantitative estimate of drug-likeness (QED) is 0.864. The summed E-state index contributed by atoms with van der Waals surface area (Å²) >= 11 is 0. The molecule has 0 radical (unpaired) electrons. The van der Waals surface area contributed by atoms with E-state index in [2.05, 4.69) is 5.32 Å². The normalized spacial score (nSPS) is 12.5. The van der Waals surface area contributed by atoms with Gasteiger partial charge in [0, 0.05) is 7.05 Å². The Balaban J connectivity index is 3.09. The third-order valence-corrected chi connectivity index (χ3v) is 3.02. The number of nitrogens with one attached hydrogen (secondary N) is 1. The van der Waals surface area contributed by atoms with Crippen molar-refractivity contribution < 1.29 is 23.6 Å². The summed E-state index contributed by atoms with van der Waals surface area (Å²) in [6, 6.07) is 3.19. The smallest absolute Gasteiger partial charge is 0.408 e. The lowest BCUT2D eigenvalue weighted by molar-refractivity contribution is -0.171. The minimum absolute atomic E-state index is 0.299. The summed E-state index contributed by atoms with van der Waals surface area (Å²) in [5, 5.41) is 3.41. The van der Waals surface area contributed by atoms with Crippen molar-refractivity contribution in [1.82, 2.24) is 10.4 Å². The van der Waals surface area contributed by atoms with Crippen LogP contribution in [-0.4, -0.2) is 36.8 Å². The Hall–Kier alpha value is -2.15. The van der Waals surface area contributed by atoms with Crippen LogP contribution in [0.3, 0.4) is 0 Å². The number of halogens is 1. The number of aryl methyl sites for hydroxylation is 1. The van der Waals surface area contributed by atoms with Gasteiger partial charge < -0.3 is 10.1 Å². The van der Waals surface area contributed by atoms with Gasteiger partial charge in [0.2, 0.25) is 0 Å². The summed E-state index contributed by atoms with van der Waals surface area (Å²) < 4.78 is 18.9. The molecule has 23 heavy (non-hydrogen) atoms. The standard InChI is InChI=1S/C16H23FN2O4/c1-10-7-8-11(9-12(10)17)13(14(20)19(5)22-6)18-15(21)23-16(2,3)4/h7-9,13H,1-6H3,(H,18,21). The number of hydrogen-bond acceptors (Lipinski definition) is 4. The number of hydroxylamine groups is 2. The topological polar surface area (TPSA) is 67.9 Å². The van der Waals surface area contributed by atoms with E-state index < -0.39 is 29.5 Å². The van der Waals surface area contributed by atoms with Crippen LogP contribution >= 0.6 is 0 Å². The molecule has 7 heteroatoms. The van der Waals surface area contributed by atoms with Gasteiger partial charge in [-0.15, -0.1) is 0 Å². The molecule has 6 nitrogen and oxygen atoms in total. The van der Waals surface area contributed by atoms with Gasteiger partial charge in [0.1, 0.15) is 17.5 Å². The van der Waals surface area contributed by atoms with Crippen molar-refractivity contribution in [2.75, 3.05) is 14.2 Å². The van der Waals surface area contributed by atoms with Crippen molar-refractivity contribution in [2.24, 2.45) is 0 Å². The van der Waals surface area contributed by atoms with Crippen LogP contribution in [0.1, 0.15) is 37.9 Å². The highest BCUT2D eigenvalue weighted by Crippen LogP contribution is 2.20. The fourth-order valence-electron chi connectivity index (χ4n) is 1.77. The Kier molecular flexibility index (Phi) is 6.09. The molecule has 0 heterocycles. The lowest BCUT2D eigenvalue weighted by Gasteiger charge is -2.25. The van der Waals surface area contributed by atoms with Crippen molar-refractivity contribution in [2.45, 2.75) is 39.3 Å². The third kappa shape index (κ3) is 5.52. The fraction of sp³-hybridized carbons (Fsp3) is 0.500. The van der Waals surface area contributed by atoms with Crippen LogP contribution in [0.15, 0.2) is 18.2 Å². The van der Waals surface area contributed by atoms with Crippen LogP contribution in [0.2, 0.25) is 0 Å². The van der Waals surface area contributed by atoms with Gasteiger partial charge in [0.05, 0.1) is 7.11 Å². The highest BCUT2D eigenvalue weighted by atomic mass is 19.1. The van der Waals surface area contributed by atoms with Crippen LogP contribution < -0.4 is 5.32 Å². The first-order valence-corrected chi connectivity index (χ1v) is 7.12. The Labute approximate surface area is 135 Å². The maximum atomic E-state index is 13.8. The molecule has 1 unspecified atom stereocenters. The highest BCUT2D eigenvalue weighted by molar-refractivity contribution is 5.86. The van der Waals surface area contributed by atoms with E-state index in [0.29, 0.717) is 11.1 Å². The minimum Gasteiger partial charge on any atom is -0.444 e. The molecule has 0 saturated heterocycles. The van der Waals surface area contributed by atoms with E-state index >= 15 is 0 Å². The number of alkyl carbamates (subject to hydrolysis) is 1. The lowest BCUT2D eigenvalue weighted by atomic mass is 10.0. The van der Waals surface area contributed by atoms with Gasteiger partial charge in [0.15, 0.2) is 0 Å². The van der Waals surface area contributed by atoms with Crippen molar-refractivity contribution in [1.29, 1.82) is 0 Å². The minimum atomic E-state index is -1.12. The van der Waals surface area contributed by atoms with Gasteiger partial charge in [-0.05, 0) is 44.9 Å². The molecule has 0 aliphatic rings. The van der Waals surface area contributed by atoms with E-state index in [1.54, 1.807) is 33.8 Å². The molecule has 2 amide bonds. The summed E-state index contributed by atoms with van der Waals surface area (Å²) in [6.07, 6.45) is -0.777. The second kappa shape index (κ2) is 7.41. The van der Waals surface area contributed by atoms with Crippen molar-refractivity contribution in [3.8, 4) is 0 Å². The van der Waals surface area contributed by atoms with Gasteiger partial charge in [-0.1, -0.05) is 12.1 Å². The van der Waals surface area contributed by atoms with Crippen LogP contribution in [0.4, 0.5) is 9.18 Å². The first-order chi connectivity index (χ1) is 10.5. The molecule has 1 rings (SSSR count). The monoisotopic (exact) mass is 326 g/mol. The fourth-order valence-corrected chi connectivity index (χ4v) is 1.77. The molecule has 0 saturated carbocycles. The van der Waals surface area contributed by atoms with Gasteiger partial charge in [-0.2, -0.15) is 0 Å². The van der Waals surface area contributed by atoms with Gasteiger partial charge in [0.25, 0.3) is 5.91 Å². The molecule has 1 aromatic rings. The van der Waals surface area contributed by atoms with Crippen molar-refractivity contribution in [3.63, 3.8) is 0 Å². The zero-order chi connectivity index (χ0) is 17.8. The number of ether oxygens (including phenoxy) is 1. The zero-order valence-electron chi connectivity index (χ0n) is 14.3. The number of likely N-dealkylation sites (N-methyl/N-ethyl adjacent to an activating group) is 1. The molecular weight excluding hydrogens is 303 g/mol. The number of carbonyl (C=O) groups excluding carboxylic acids is 2. The van der Waals surface area contributed by atoms with E-state index in [9.17, 15) is 14.0 Å². The maximum Gasteiger partial charge on any atom is 0.408 e. The van der Waals surface area contributed by atoms with Crippen molar-refractivity contribution >= 4 is 12.0 Å². The summed E-state index contributed by atoms with van der Waals surface area (Å²) in [6.45, 7) is 6.72. The number of amides is 2. The predicted octanol–water partition coefficient (Wildman–Crippen LogP) is 2.72. The Morgan fingerprint density at radius 3 is 2.39 bits per heavy atom. The number of benzene rings is 1. The van der Waals surface area contributed by atoms with Gasteiger partial charge >= 0.3 is 6.09 Å².